The van der Waals surface area contributed by atoms with Gasteiger partial charge >= 0.3 is 0 Å². The monoisotopic (exact) mass is 300 g/mol. The van der Waals surface area contributed by atoms with Crippen molar-refractivity contribution in [3.63, 3.8) is 0 Å². The molecule has 21 heavy (non-hydrogen) atoms. The van der Waals surface area contributed by atoms with E-state index in [2.05, 4.69) is 5.32 Å². The molecule has 2 rings (SSSR count). The smallest absolute Gasteiger partial charge is 0.255 e. The first-order valence-electron chi connectivity index (χ1n) is 6.44. The van der Waals surface area contributed by atoms with E-state index in [0.29, 0.717) is 17.1 Å². The number of hydrogen-bond donors (Lipinski definition) is 3. The lowest BCUT2D eigenvalue weighted by atomic mass is 10.1. The third kappa shape index (κ3) is 3.58. The van der Waals surface area contributed by atoms with Crippen LogP contribution in [-0.4, -0.2) is 16.0 Å². The van der Waals surface area contributed by atoms with Gasteiger partial charge < -0.3 is 16.2 Å². The molecule has 0 saturated carbocycles. The van der Waals surface area contributed by atoms with Gasteiger partial charge in [-0.1, -0.05) is 42.5 Å². The Balaban J connectivity index is 2.09. The maximum absolute atomic E-state index is 12.1. The average Bonchev–Trinajstić information content (AvgIpc) is 2.48. The number of benzene rings is 2. The molecule has 0 spiro atoms. The fraction of sp³-hybridized carbons (Fsp3) is 0.125. The number of nitrogens with two attached hydrogens (primary N) is 1. The van der Waals surface area contributed by atoms with Crippen molar-refractivity contribution >= 4 is 23.1 Å². The van der Waals surface area contributed by atoms with Gasteiger partial charge in [0.15, 0.2) is 0 Å². The normalized spacial score (nSPS) is 10.1. The Kier molecular flexibility index (Phi) is 4.55. The Morgan fingerprint density at radius 1 is 1.29 bits per heavy atom. The molecule has 0 radical (unpaired) electrons. The van der Waals surface area contributed by atoms with E-state index in [0.717, 1.165) is 11.1 Å². The minimum atomic E-state index is -0.322. The maximum atomic E-state index is 12.1. The summed E-state index contributed by atoms with van der Waals surface area (Å²) < 4.78 is 0. The summed E-state index contributed by atoms with van der Waals surface area (Å²) in [5, 5.41) is 12.7. The summed E-state index contributed by atoms with van der Waals surface area (Å²) in [4.78, 5) is 12.4. The van der Waals surface area contributed by atoms with Crippen molar-refractivity contribution in [3.05, 3.63) is 64.7 Å². The van der Waals surface area contributed by atoms with Crippen LogP contribution in [0.25, 0.3) is 0 Å². The first kappa shape index (κ1) is 15.0. The molecule has 4 N–H and O–H groups in total. The van der Waals surface area contributed by atoms with Crippen LogP contribution < -0.4 is 11.1 Å². The first-order valence-corrected chi connectivity index (χ1v) is 6.85. The zero-order valence-electron chi connectivity index (χ0n) is 11.6. The molecule has 4 nitrogen and oxygen atoms in total. The molecule has 0 fully saturated rings. The van der Waals surface area contributed by atoms with Crippen molar-refractivity contribution in [2.75, 3.05) is 0 Å². The molecule has 5 heteroatoms. The van der Waals surface area contributed by atoms with Gasteiger partial charge in [-0.2, -0.15) is 0 Å². The third-order valence-corrected chi connectivity index (χ3v) is 3.38. The number of nitrogens with one attached hydrogen (secondary N) is 1. The molecule has 108 valence electrons. The van der Waals surface area contributed by atoms with Crippen LogP contribution in [0.2, 0.25) is 0 Å². The van der Waals surface area contributed by atoms with E-state index >= 15 is 0 Å². The van der Waals surface area contributed by atoms with Gasteiger partial charge in [0.2, 0.25) is 0 Å². The Labute approximate surface area is 128 Å². The average molecular weight is 300 g/mol. The molecule has 0 bridgehead atoms. The number of carbonyl (C=O) groups excluding carboxylic acids is 1. The van der Waals surface area contributed by atoms with Crippen LogP contribution in [0.3, 0.4) is 0 Å². The van der Waals surface area contributed by atoms with E-state index in [-0.39, 0.29) is 17.2 Å². The molecule has 0 saturated heterocycles. The van der Waals surface area contributed by atoms with Crippen LogP contribution in [0, 0.1) is 6.92 Å². The molecule has 0 unspecified atom stereocenters. The lowest BCUT2D eigenvalue weighted by molar-refractivity contribution is 0.0948. The standard InChI is InChI=1S/C16H16N2O2S/c1-10-4-2-7-13(14(10)19)16(20)18-9-11-5-3-6-12(8-11)15(17)21/h2-8,19H,9H2,1H3,(H2,17,21)(H,18,20). The Hall–Kier alpha value is -2.40. The number of phenolic OH excluding ortho intramolecular Hbond substituents is 1. The van der Waals surface area contributed by atoms with Gasteiger partial charge in [-0.05, 0) is 30.2 Å². The number of carbonyl (C=O) groups is 1. The highest BCUT2D eigenvalue weighted by molar-refractivity contribution is 7.80. The number of aromatic hydroxyl groups is 1. The second-order valence-corrected chi connectivity index (χ2v) is 5.16. The fourth-order valence-corrected chi connectivity index (χ4v) is 2.08. The third-order valence-electron chi connectivity index (χ3n) is 3.15. The molecular formula is C16H16N2O2S. The zero-order valence-corrected chi connectivity index (χ0v) is 12.4. The highest BCUT2D eigenvalue weighted by Crippen LogP contribution is 2.21. The Bertz CT molecular complexity index is 698. The second kappa shape index (κ2) is 6.37. The van der Waals surface area contributed by atoms with Gasteiger partial charge in [0.25, 0.3) is 5.91 Å². The van der Waals surface area contributed by atoms with Gasteiger partial charge in [-0.15, -0.1) is 0 Å². The van der Waals surface area contributed by atoms with Gasteiger partial charge in [0.05, 0.1) is 5.56 Å². The lowest BCUT2D eigenvalue weighted by Gasteiger charge is -2.09. The van der Waals surface area contributed by atoms with Crippen LogP contribution >= 0.6 is 12.2 Å². The van der Waals surface area contributed by atoms with E-state index in [1.54, 1.807) is 25.1 Å². The number of amides is 1. The Morgan fingerprint density at radius 3 is 2.71 bits per heavy atom. The number of aryl methyl sites for hydroxylation is 1. The van der Waals surface area contributed by atoms with Crippen LogP contribution in [0.5, 0.6) is 5.75 Å². The van der Waals surface area contributed by atoms with E-state index in [1.165, 1.54) is 0 Å². The highest BCUT2D eigenvalue weighted by atomic mass is 32.1. The van der Waals surface area contributed by atoms with Gasteiger partial charge in [0.1, 0.15) is 10.7 Å². The Morgan fingerprint density at radius 2 is 2.00 bits per heavy atom. The number of para-hydroxylation sites is 1. The van der Waals surface area contributed by atoms with Crippen molar-refractivity contribution in [2.45, 2.75) is 13.5 Å². The number of thiocarbonyl (C=S) groups is 1. The van der Waals surface area contributed by atoms with Gasteiger partial charge in [-0.25, -0.2) is 0 Å². The van der Waals surface area contributed by atoms with Crippen LogP contribution in [0.15, 0.2) is 42.5 Å². The van der Waals surface area contributed by atoms with Crippen molar-refractivity contribution < 1.29 is 9.90 Å². The summed E-state index contributed by atoms with van der Waals surface area (Å²) in [5.41, 5.74) is 8.16. The molecule has 0 heterocycles. The molecule has 2 aromatic rings. The quantitative estimate of drug-likeness (QED) is 0.757. The number of phenols is 1. The lowest BCUT2D eigenvalue weighted by Crippen LogP contribution is -2.23. The van der Waals surface area contributed by atoms with E-state index in [9.17, 15) is 9.90 Å². The van der Waals surface area contributed by atoms with Crippen molar-refractivity contribution in [1.82, 2.24) is 5.32 Å². The largest absolute Gasteiger partial charge is 0.507 e. The summed E-state index contributed by atoms with van der Waals surface area (Å²) in [6.07, 6.45) is 0. The maximum Gasteiger partial charge on any atom is 0.255 e. The summed E-state index contributed by atoms with van der Waals surface area (Å²) in [6, 6.07) is 12.4. The molecule has 0 aliphatic heterocycles. The minimum absolute atomic E-state index is 0.00638. The predicted octanol–water partition coefficient (Wildman–Crippen LogP) is 2.26. The second-order valence-electron chi connectivity index (χ2n) is 4.72. The van der Waals surface area contributed by atoms with E-state index in [1.807, 2.05) is 24.3 Å². The fourth-order valence-electron chi connectivity index (χ4n) is 1.95. The van der Waals surface area contributed by atoms with Gasteiger partial charge in [0, 0.05) is 12.1 Å². The molecule has 1 amide bonds. The van der Waals surface area contributed by atoms with Crippen molar-refractivity contribution in [3.8, 4) is 5.75 Å². The highest BCUT2D eigenvalue weighted by Gasteiger charge is 2.12. The van der Waals surface area contributed by atoms with Crippen molar-refractivity contribution in [2.24, 2.45) is 5.73 Å². The van der Waals surface area contributed by atoms with Crippen LogP contribution in [0.4, 0.5) is 0 Å². The predicted molar refractivity (Wildman–Crippen MR) is 86.3 cm³/mol. The SMILES string of the molecule is Cc1cccc(C(=O)NCc2cccc(C(N)=S)c2)c1O. The van der Waals surface area contributed by atoms with E-state index in [4.69, 9.17) is 18.0 Å². The summed E-state index contributed by atoms with van der Waals surface area (Å²) >= 11 is 4.92. The minimum Gasteiger partial charge on any atom is -0.507 e. The molecule has 2 aromatic carbocycles. The molecule has 0 aliphatic rings. The molecule has 0 atom stereocenters. The summed E-state index contributed by atoms with van der Waals surface area (Å²) in [5.74, 6) is -0.316. The molecular weight excluding hydrogens is 284 g/mol. The first-order chi connectivity index (χ1) is 9.99. The topological polar surface area (TPSA) is 75.4 Å². The summed E-state index contributed by atoms with van der Waals surface area (Å²) in [6.45, 7) is 2.08. The number of rotatable bonds is 4. The molecule has 0 aliphatic carbocycles. The van der Waals surface area contributed by atoms with Crippen molar-refractivity contribution in [1.29, 1.82) is 0 Å². The number of hydrogen-bond acceptors (Lipinski definition) is 3. The molecule has 0 aromatic heterocycles. The zero-order chi connectivity index (χ0) is 15.4. The van der Waals surface area contributed by atoms with Crippen LogP contribution in [0.1, 0.15) is 27.0 Å². The van der Waals surface area contributed by atoms with Crippen LogP contribution in [-0.2, 0) is 6.54 Å². The summed E-state index contributed by atoms with van der Waals surface area (Å²) in [7, 11) is 0. The van der Waals surface area contributed by atoms with Gasteiger partial charge in [-0.3, -0.25) is 4.79 Å². The van der Waals surface area contributed by atoms with E-state index < -0.39 is 0 Å².